The number of nitrogens with one attached hydrogen (secondary N) is 2. The normalized spacial score (nSPS) is 18.4. The second-order valence-electron chi connectivity index (χ2n) is 6.80. The number of aliphatic hydroxyl groups is 1. The van der Waals surface area contributed by atoms with Crippen molar-refractivity contribution in [1.29, 1.82) is 0 Å². The number of aliphatic imine (C=N–C) groups is 1. The Balaban J connectivity index is 1.97. The zero-order chi connectivity index (χ0) is 17.0. The van der Waals surface area contributed by atoms with E-state index in [-0.39, 0.29) is 6.04 Å². The maximum Gasteiger partial charge on any atom is 0.191 e. The zero-order valence-electron chi connectivity index (χ0n) is 15.1. The highest BCUT2D eigenvalue weighted by molar-refractivity contribution is 5.80. The molecule has 1 atom stereocenters. The van der Waals surface area contributed by atoms with Crippen molar-refractivity contribution >= 4 is 5.96 Å². The van der Waals surface area contributed by atoms with Crippen LogP contribution in [0.25, 0.3) is 0 Å². The van der Waals surface area contributed by atoms with E-state index in [9.17, 15) is 5.11 Å². The fraction of sp³-hybridized carbons (Fsp3) is 0.765. The van der Waals surface area contributed by atoms with E-state index in [0.29, 0.717) is 6.54 Å². The molecule has 0 spiro atoms. The van der Waals surface area contributed by atoms with E-state index in [4.69, 9.17) is 0 Å². The van der Waals surface area contributed by atoms with Crippen LogP contribution in [0.2, 0.25) is 0 Å². The number of rotatable bonds is 6. The molecule has 1 aromatic rings. The van der Waals surface area contributed by atoms with Crippen molar-refractivity contribution in [1.82, 2.24) is 20.4 Å². The number of guanidine groups is 1. The van der Waals surface area contributed by atoms with Crippen LogP contribution >= 0.6 is 0 Å². The first-order valence-corrected chi connectivity index (χ1v) is 8.61. The lowest BCUT2D eigenvalue weighted by Gasteiger charge is -2.35. The van der Waals surface area contributed by atoms with Crippen molar-refractivity contribution in [2.75, 3.05) is 13.1 Å². The molecule has 2 rings (SSSR count). The summed E-state index contributed by atoms with van der Waals surface area (Å²) < 4.78 is 1.93. The van der Waals surface area contributed by atoms with Crippen LogP contribution in [-0.4, -0.2) is 45.6 Å². The molecule has 1 fully saturated rings. The third kappa shape index (κ3) is 4.47. The predicted octanol–water partition coefficient (Wildman–Crippen LogP) is 1.44. The smallest absolute Gasteiger partial charge is 0.191 e. The van der Waals surface area contributed by atoms with E-state index in [0.717, 1.165) is 43.9 Å². The Morgan fingerprint density at radius 3 is 2.61 bits per heavy atom. The molecule has 23 heavy (non-hydrogen) atoms. The van der Waals surface area contributed by atoms with Crippen LogP contribution in [0.4, 0.5) is 0 Å². The van der Waals surface area contributed by atoms with Gasteiger partial charge in [0.05, 0.1) is 17.8 Å². The lowest BCUT2D eigenvalue weighted by Crippen LogP contribution is -2.46. The van der Waals surface area contributed by atoms with Gasteiger partial charge in [0.25, 0.3) is 0 Å². The average Bonchev–Trinajstić information content (AvgIpc) is 2.69. The molecule has 0 aliphatic heterocycles. The molecular formula is C17H31N5O. The quantitative estimate of drug-likeness (QED) is 0.547. The van der Waals surface area contributed by atoms with Crippen molar-refractivity contribution in [3.05, 3.63) is 17.0 Å². The van der Waals surface area contributed by atoms with Gasteiger partial charge in [0, 0.05) is 25.3 Å². The third-order valence-electron chi connectivity index (χ3n) is 4.71. The number of hydrogen-bond donors (Lipinski definition) is 3. The van der Waals surface area contributed by atoms with Crippen LogP contribution in [0.1, 0.15) is 50.1 Å². The van der Waals surface area contributed by atoms with Gasteiger partial charge in [-0.25, -0.2) is 0 Å². The number of hydrogen-bond acceptors (Lipinski definition) is 3. The Hall–Kier alpha value is -1.56. The maximum atomic E-state index is 10.2. The largest absolute Gasteiger partial charge is 0.388 e. The minimum Gasteiger partial charge on any atom is -0.388 e. The molecule has 6 nitrogen and oxygen atoms in total. The number of nitrogens with zero attached hydrogens (tertiary/aromatic N) is 3. The Morgan fingerprint density at radius 2 is 2.13 bits per heavy atom. The molecule has 6 heteroatoms. The van der Waals surface area contributed by atoms with Crippen LogP contribution in [-0.2, 0) is 13.5 Å². The van der Waals surface area contributed by atoms with Crippen molar-refractivity contribution in [3.63, 3.8) is 0 Å². The van der Waals surface area contributed by atoms with Crippen molar-refractivity contribution < 1.29 is 5.11 Å². The molecular weight excluding hydrogens is 290 g/mol. The van der Waals surface area contributed by atoms with Gasteiger partial charge in [-0.1, -0.05) is 0 Å². The lowest BCUT2D eigenvalue weighted by atomic mass is 9.80. The highest BCUT2D eigenvalue weighted by atomic mass is 16.3. The van der Waals surface area contributed by atoms with Gasteiger partial charge in [-0.2, -0.15) is 5.10 Å². The second-order valence-corrected chi connectivity index (χ2v) is 6.80. The van der Waals surface area contributed by atoms with Gasteiger partial charge in [0.1, 0.15) is 0 Å². The molecule has 1 aromatic heterocycles. The average molecular weight is 321 g/mol. The Morgan fingerprint density at radius 1 is 1.43 bits per heavy atom. The first-order chi connectivity index (χ1) is 10.8. The summed E-state index contributed by atoms with van der Waals surface area (Å²) in [4.78, 5) is 4.56. The molecule has 1 unspecified atom stereocenters. The molecule has 1 aliphatic rings. The first-order valence-electron chi connectivity index (χ1n) is 8.61. The van der Waals surface area contributed by atoms with Crippen LogP contribution in [0.5, 0.6) is 0 Å². The van der Waals surface area contributed by atoms with E-state index in [1.807, 2.05) is 11.7 Å². The van der Waals surface area contributed by atoms with Gasteiger partial charge in [0.2, 0.25) is 0 Å². The fourth-order valence-electron chi connectivity index (χ4n) is 2.99. The molecule has 0 amide bonds. The van der Waals surface area contributed by atoms with E-state index in [1.165, 1.54) is 11.3 Å². The Kier molecular flexibility index (Phi) is 5.68. The maximum absolute atomic E-state index is 10.2. The SMILES string of the molecule is CCNC(=NCC1(O)CCC1)NC(C)Cc1c(C)nn(C)c1C. The molecule has 0 saturated heterocycles. The summed E-state index contributed by atoms with van der Waals surface area (Å²) >= 11 is 0. The highest BCUT2D eigenvalue weighted by Gasteiger charge is 2.34. The van der Waals surface area contributed by atoms with E-state index < -0.39 is 5.60 Å². The summed E-state index contributed by atoms with van der Waals surface area (Å²) in [5, 5.41) is 21.4. The topological polar surface area (TPSA) is 74.5 Å². The molecule has 0 aromatic carbocycles. The number of aromatic nitrogens is 2. The predicted molar refractivity (Wildman–Crippen MR) is 93.8 cm³/mol. The van der Waals surface area contributed by atoms with Crippen LogP contribution in [0.15, 0.2) is 4.99 Å². The Bertz CT molecular complexity index is 560. The summed E-state index contributed by atoms with van der Waals surface area (Å²) in [7, 11) is 1.98. The van der Waals surface area contributed by atoms with Gasteiger partial charge >= 0.3 is 0 Å². The third-order valence-corrected chi connectivity index (χ3v) is 4.71. The molecule has 130 valence electrons. The minimum atomic E-state index is -0.581. The van der Waals surface area contributed by atoms with E-state index in [2.05, 4.69) is 48.4 Å². The summed E-state index contributed by atoms with van der Waals surface area (Å²) in [6.07, 6.45) is 3.73. The van der Waals surface area contributed by atoms with Gasteiger partial charge < -0.3 is 15.7 Å². The van der Waals surface area contributed by atoms with Crippen molar-refractivity contribution in [2.45, 2.75) is 65.0 Å². The standard InChI is InChI=1S/C17H31N5O/c1-6-18-16(19-11-17(23)8-7-9-17)20-12(2)10-15-13(3)21-22(5)14(15)4/h12,23H,6-11H2,1-5H3,(H2,18,19,20). The van der Waals surface area contributed by atoms with E-state index >= 15 is 0 Å². The lowest BCUT2D eigenvalue weighted by molar-refractivity contribution is -0.0236. The van der Waals surface area contributed by atoms with Crippen LogP contribution in [0, 0.1) is 13.8 Å². The van der Waals surface area contributed by atoms with Gasteiger partial charge in [-0.05, 0) is 58.9 Å². The van der Waals surface area contributed by atoms with Gasteiger partial charge in [-0.15, -0.1) is 0 Å². The molecule has 1 aliphatic carbocycles. The summed E-state index contributed by atoms with van der Waals surface area (Å²) in [5.41, 5.74) is 3.01. The van der Waals surface area contributed by atoms with Crippen LogP contribution < -0.4 is 10.6 Å². The van der Waals surface area contributed by atoms with Crippen molar-refractivity contribution in [2.24, 2.45) is 12.0 Å². The molecule has 3 N–H and O–H groups in total. The van der Waals surface area contributed by atoms with Crippen LogP contribution in [0.3, 0.4) is 0 Å². The number of aryl methyl sites for hydroxylation is 2. The summed E-state index contributed by atoms with van der Waals surface area (Å²) in [5.74, 6) is 0.777. The Labute approximate surface area is 139 Å². The fourth-order valence-corrected chi connectivity index (χ4v) is 2.99. The monoisotopic (exact) mass is 321 g/mol. The highest BCUT2D eigenvalue weighted by Crippen LogP contribution is 2.31. The molecule has 1 heterocycles. The van der Waals surface area contributed by atoms with Gasteiger partial charge in [0.15, 0.2) is 5.96 Å². The molecule has 1 saturated carbocycles. The zero-order valence-corrected chi connectivity index (χ0v) is 15.1. The molecule has 0 bridgehead atoms. The van der Waals surface area contributed by atoms with Gasteiger partial charge in [-0.3, -0.25) is 9.67 Å². The molecule has 0 radical (unpaired) electrons. The summed E-state index contributed by atoms with van der Waals surface area (Å²) in [6.45, 7) is 9.64. The summed E-state index contributed by atoms with van der Waals surface area (Å²) in [6, 6.07) is 0.241. The van der Waals surface area contributed by atoms with E-state index in [1.54, 1.807) is 0 Å². The first kappa shape index (κ1) is 17.8. The minimum absolute atomic E-state index is 0.241. The van der Waals surface area contributed by atoms with Crippen molar-refractivity contribution in [3.8, 4) is 0 Å². The second kappa shape index (κ2) is 7.34.